The molecule has 5 fully saturated rings. The molecule has 0 aromatic heterocycles. The average Bonchev–Trinajstić information content (AvgIpc) is 3.09. The van der Waals surface area contributed by atoms with Crippen molar-refractivity contribution in [3.05, 3.63) is 29.8 Å². The Bertz CT molecular complexity index is 1110. The van der Waals surface area contributed by atoms with Gasteiger partial charge in [-0.05, 0) is 98.7 Å². The zero-order chi connectivity index (χ0) is 23.9. The van der Waals surface area contributed by atoms with Crippen molar-refractivity contribution in [2.45, 2.75) is 74.4 Å². The number of hydrogen-bond donors (Lipinski definition) is 1. The van der Waals surface area contributed by atoms with E-state index in [4.69, 9.17) is 0 Å². The standard InChI is InChI=1S/C25H31F3N2O3S/c26-25(27,28)19-2-1-3-21(11-19)34(32,33)30-6-4-16(5-7-30)10-22(31)29-24-14-18-8-17-9-20(15-24)23(24,12-17)13-18/h1-3,11,16-18,20H,4-10,12-15H2,(H,29,31)/t17?,18?,20-,23?,24?/m1/s1. The van der Waals surface area contributed by atoms with Crippen molar-refractivity contribution in [3.63, 3.8) is 0 Å². The Kier molecular flexibility index (Phi) is 5.00. The van der Waals surface area contributed by atoms with Crippen LogP contribution in [0, 0.1) is 29.1 Å². The van der Waals surface area contributed by atoms with Crippen LogP contribution in [-0.2, 0) is 21.0 Å². The zero-order valence-electron chi connectivity index (χ0n) is 19.1. The van der Waals surface area contributed by atoms with Gasteiger partial charge in [0.05, 0.1) is 10.5 Å². The van der Waals surface area contributed by atoms with E-state index in [1.54, 1.807) is 0 Å². The van der Waals surface area contributed by atoms with Crippen LogP contribution in [0.3, 0.4) is 0 Å². The molecular formula is C25H31F3N2O3S. The number of sulfonamides is 1. The fraction of sp³-hybridized carbons (Fsp3) is 0.720. The highest BCUT2D eigenvalue weighted by atomic mass is 32.2. The Labute approximate surface area is 198 Å². The Morgan fingerprint density at radius 3 is 2.53 bits per heavy atom. The fourth-order valence-electron chi connectivity index (χ4n) is 8.52. The summed E-state index contributed by atoms with van der Waals surface area (Å²) in [7, 11) is -4.00. The van der Waals surface area contributed by atoms with Gasteiger partial charge < -0.3 is 5.32 Å². The lowest BCUT2D eigenvalue weighted by atomic mass is 9.51. The topological polar surface area (TPSA) is 66.5 Å². The monoisotopic (exact) mass is 496 g/mol. The Hall–Kier alpha value is -1.61. The molecule has 1 aromatic rings. The summed E-state index contributed by atoms with van der Waals surface area (Å²) in [5, 5.41) is 3.47. The SMILES string of the molecule is O=C(CC1CCN(S(=O)(=O)c2cccc(C(F)(F)F)c2)CC1)NC12CC3CC4C[C@H](C1)C2(C4)C3. The molecule has 4 unspecified atom stereocenters. The van der Waals surface area contributed by atoms with E-state index in [0.717, 1.165) is 42.7 Å². The number of rotatable bonds is 5. The van der Waals surface area contributed by atoms with E-state index in [1.165, 1.54) is 36.1 Å². The van der Waals surface area contributed by atoms with Crippen LogP contribution in [0.2, 0.25) is 0 Å². The van der Waals surface area contributed by atoms with Crippen LogP contribution in [0.25, 0.3) is 0 Å². The molecular weight excluding hydrogens is 465 g/mol. The third-order valence-corrected chi connectivity index (χ3v) is 11.7. The van der Waals surface area contributed by atoms with E-state index in [1.807, 2.05) is 0 Å². The summed E-state index contributed by atoms with van der Waals surface area (Å²) in [6, 6.07) is 3.91. The van der Waals surface area contributed by atoms with Gasteiger partial charge in [-0.15, -0.1) is 0 Å². The molecule has 1 aromatic carbocycles. The first-order valence-corrected chi connectivity index (χ1v) is 13.9. The Morgan fingerprint density at radius 1 is 1.06 bits per heavy atom. The maximum absolute atomic E-state index is 13.0. The van der Waals surface area contributed by atoms with E-state index in [9.17, 15) is 26.4 Å². The largest absolute Gasteiger partial charge is 0.416 e. The van der Waals surface area contributed by atoms with Gasteiger partial charge in [0.15, 0.2) is 0 Å². The summed E-state index contributed by atoms with van der Waals surface area (Å²) in [5.74, 6) is 2.58. The van der Waals surface area contributed by atoms with Crippen molar-refractivity contribution in [1.29, 1.82) is 0 Å². The van der Waals surface area contributed by atoms with E-state index in [-0.39, 0.29) is 35.3 Å². The molecule has 4 saturated carbocycles. The molecule has 34 heavy (non-hydrogen) atoms. The van der Waals surface area contributed by atoms with Crippen LogP contribution >= 0.6 is 0 Å². The van der Waals surface area contributed by atoms with E-state index < -0.39 is 21.8 Å². The van der Waals surface area contributed by atoms with Gasteiger partial charge in [0.25, 0.3) is 0 Å². The molecule has 3 bridgehead atoms. The van der Waals surface area contributed by atoms with Gasteiger partial charge in [-0.2, -0.15) is 17.5 Å². The van der Waals surface area contributed by atoms with E-state index in [2.05, 4.69) is 5.32 Å². The number of benzene rings is 1. The third-order valence-electron chi connectivity index (χ3n) is 9.78. The normalized spacial score (nSPS) is 37.4. The summed E-state index contributed by atoms with van der Waals surface area (Å²) >= 11 is 0. The lowest BCUT2D eigenvalue weighted by Gasteiger charge is -2.59. The zero-order valence-corrected chi connectivity index (χ0v) is 19.9. The number of nitrogens with zero attached hydrogens (tertiary/aromatic N) is 1. The number of fused-ring (bicyclic) bond motifs is 2. The quantitative estimate of drug-likeness (QED) is 0.649. The molecule has 5 atom stereocenters. The highest BCUT2D eigenvalue weighted by Gasteiger charge is 2.74. The number of carbonyl (C=O) groups is 1. The highest BCUT2D eigenvalue weighted by molar-refractivity contribution is 7.89. The second-order valence-electron chi connectivity index (χ2n) is 11.6. The minimum atomic E-state index is -4.59. The van der Waals surface area contributed by atoms with Gasteiger partial charge in [-0.3, -0.25) is 4.79 Å². The first-order valence-electron chi connectivity index (χ1n) is 12.5. The maximum atomic E-state index is 13.0. The fourth-order valence-corrected chi connectivity index (χ4v) is 10.0. The van der Waals surface area contributed by atoms with Crippen molar-refractivity contribution in [2.24, 2.45) is 29.1 Å². The number of hydrogen-bond acceptors (Lipinski definition) is 3. The first kappa shape index (κ1) is 22.8. The summed E-state index contributed by atoms with van der Waals surface area (Å²) in [5.41, 5.74) is -0.626. The maximum Gasteiger partial charge on any atom is 0.416 e. The predicted octanol–water partition coefficient (Wildman–Crippen LogP) is 4.58. The number of nitrogens with one attached hydrogen (secondary N) is 1. The molecule has 9 heteroatoms. The van der Waals surface area contributed by atoms with Gasteiger partial charge in [0.1, 0.15) is 0 Å². The molecule has 1 spiro atoms. The molecule has 5 nitrogen and oxygen atoms in total. The summed E-state index contributed by atoms with van der Waals surface area (Å²) in [6.45, 7) is 0.439. The van der Waals surface area contributed by atoms with E-state index >= 15 is 0 Å². The summed E-state index contributed by atoms with van der Waals surface area (Å²) in [6.07, 6.45) is 4.35. The molecule has 1 aliphatic heterocycles. The Morgan fingerprint density at radius 2 is 1.79 bits per heavy atom. The van der Waals surface area contributed by atoms with Crippen molar-refractivity contribution in [1.82, 2.24) is 9.62 Å². The lowest BCUT2D eigenvalue weighted by molar-refractivity contribution is -0.137. The molecule has 1 saturated heterocycles. The molecule has 1 amide bonds. The molecule has 6 rings (SSSR count). The Balaban J connectivity index is 1.06. The van der Waals surface area contributed by atoms with Crippen LogP contribution in [0.1, 0.15) is 63.4 Å². The average molecular weight is 497 g/mol. The molecule has 5 aliphatic rings. The second-order valence-corrected chi connectivity index (χ2v) is 13.5. The molecule has 0 radical (unpaired) electrons. The van der Waals surface area contributed by atoms with Crippen molar-refractivity contribution in [3.8, 4) is 0 Å². The number of alkyl halides is 3. The number of halogens is 3. The molecule has 1 heterocycles. The minimum Gasteiger partial charge on any atom is -0.350 e. The lowest BCUT2D eigenvalue weighted by Crippen LogP contribution is -2.67. The van der Waals surface area contributed by atoms with Gasteiger partial charge in [-0.1, -0.05) is 6.07 Å². The van der Waals surface area contributed by atoms with Crippen molar-refractivity contribution in [2.75, 3.05) is 13.1 Å². The smallest absolute Gasteiger partial charge is 0.350 e. The third kappa shape index (κ3) is 3.36. The highest BCUT2D eigenvalue weighted by Crippen LogP contribution is 2.77. The second kappa shape index (κ2) is 7.45. The van der Waals surface area contributed by atoms with Crippen LogP contribution < -0.4 is 5.32 Å². The van der Waals surface area contributed by atoms with Crippen LogP contribution in [0.4, 0.5) is 13.2 Å². The summed E-state index contributed by atoms with van der Waals surface area (Å²) in [4.78, 5) is 12.7. The minimum absolute atomic E-state index is 0.00178. The first-order chi connectivity index (χ1) is 16.0. The number of carbonyl (C=O) groups excluding carboxylic acids is 1. The molecule has 4 aliphatic carbocycles. The number of amides is 1. The molecule has 1 N–H and O–H groups in total. The predicted molar refractivity (Wildman–Crippen MR) is 119 cm³/mol. The van der Waals surface area contributed by atoms with Crippen molar-refractivity contribution < 1.29 is 26.4 Å². The van der Waals surface area contributed by atoms with Crippen LogP contribution in [-0.4, -0.2) is 37.3 Å². The number of piperidine rings is 1. The molecule has 186 valence electrons. The summed E-state index contributed by atoms with van der Waals surface area (Å²) < 4.78 is 66.2. The van der Waals surface area contributed by atoms with Crippen LogP contribution in [0.15, 0.2) is 29.2 Å². The van der Waals surface area contributed by atoms with Crippen LogP contribution in [0.5, 0.6) is 0 Å². The van der Waals surface area contributed by atoms with E-state index in [0.29, 0.717) is 30.7 Å². The van der Waals surface area contributed by atoms with Gasteiger partial charge in [0, 0.05) is 25.0 Å². The van der Waals surface area contributed by atoms with Crippen molar-refractivity contribution >= 4 is 15.9 Å². The van der Waals surface area contributed by atoms with Gasteiger partial charge in [-0.25, -0.2) is 8.42 Å². The van der Waals surface area contributed by atoms with Gasteiger partial charge >= 0.3 is 6.18 Å². The van der Waals surface area contributed by atoms with Gasteiger partial charge in [0.2, 0.25) is 15.9 Å².